The molecule has 1 saturated heterocycles. The summed E-state index contributed by atoms with van der Waals surface area (Å²) >= 11 is 0. The van der Waals surface area contributed by atoms with Crippen molar-refractivity contribution in [1.29, 1.82) is 0 Å². The molecule has 0 saturated carbocycles. The standard InChI is InChI=1S/C17H28N2O2/c1-3-9-19(13-15-5-4-8-18-11-15)12-14-6-7-17(21-2)16(20)10-14/h6-7,10,15,18,20H,3-5,8-9,11-13H2,1-2H3. The fourth-order valence-corrected chi connectivity index (χ4v) is 3.09. The zero-order valence-electron chi connectivity index (χ0n) is 13.3. The zero-order chi connectivity index (χ0) is 15.1. The molecule has 1 fully saturated rings. The van der Waals surface area contributed by atoms with Gasteiger partial charge in [0.15, 0.2) is 11.5 Å². The van der Waals surface area contributed by atoms with Gasteiger partial charge >= 0.3 is 0 Å². The minimum absolute atomic E-state index is 0.228. The summed E-state index contributed by atoms with van der Waals surface area (Å²) in [5, 5.41) is 13.4. The van der Waals surface area contributed by atoms with Crippen LogP contribution in [0.3, 0.4) is 0 Å². The lowest BCUT2D eigenvalue weighted by Gasteiger charge is -2.30. The second kappa shape index (κ2) is 8.25. The average Bonchev–Trinajstić information content (AvgIpc) is 2.49. The molecular weight excluding hydrogens is 264 g/mol. The van der Waals surface area contributed by atoms with Crippen LogP contribution in [0.25, 0.3) is 0 Å². The maximum absolute atomic E-state index is 9.90. The van der Waals surface area contributed by atoms with Crippen LogP contribution in [0.2, 0.25) is 0 Å². The summed E-state index contributed by atoms with van der Waals surface area (Å²) in [5.41, 5.74) is 1.14. The van der Waals surface area contributed by atoms with Gasteiger partial charge in [0.05, 0.1) is 7.11 Å². The van der Waals surface area contributed by atoms with Crippen molar-refractivity contribution in [2.75, 3.05) is 33.3 Å². The van der Waals surface area contributed by atoms with Gasteiger partial charge < -0.3 is 15.2 Å². The van der Waals surface area contributed by atoms with E-state index in [0.29, 0.717) is 5.75 Å². The molecule has 4 heteroatoms. The van der Waals surface area contributed by atoms with E-state index < -0.39 is 0 Å². The van der Waals surface area contributed by atoms with Gasteiger partial charge in [-0.2, -0.15) is 0 Å². The van der Waals surface area contributed by atoms with Gasteiger partial charge in [0.1, 0.15) is 0 Å². The maximum Gasteiger partial charge on any atom is 0.160 e. The van der Waals surface area contributed by atoms with E-state index in [0.717, 1.165) is 50.6 Å². The van der Waals surface area contributed by atoms with Crippen molar-refractivity contribution in [2.45, 2.75) is 32.7 Å². The van der Waals surface area contributed by atoms with Crippen molar-refractivity contribution >= 4 is 0 Å². The second-order valence-corrected chi connectivity index (χ2v) is 5.95. The van der Waals surface area contributed by atoms with E-state index in [1.54, 1.807) is 7.11 Å². The van der Waals surface area contributed by atoms with Crippen molar-refractivity contribution in [3.63, 3.8) is 0 Å². The lowest BCUT2D eigenvalue weighted by molar-refractivity contribution is 0.201. The smallest absolute Gasteiger partial charge is 0.160 e. The molecule has 1 atom stereocenters. The summed E-state index contributed by atoms with van der Waals surface area (Å²) in [4.78, 5) is 2.50. The van der Waals surface area contributed by atoms with Crippen LogP contribution in [-0.4, -0.2) is 43.3 Å². The van der Waals surface area contributed by atoms with E-state index in [-0.39, 0.29) is 5.75 Å². The zero-order valence-corrected chi connectivity index (χ0v) is 13.3. The Kier molecular flexibility index (Phi) is 6.33. The number of nitrogens with one attached hydrogen (secondary N) is 1. The summed E-state index contributed by atoms with van der Waals surface area (Å²) in [6.07, 6.45) is 3.76. The Balaban J connectivity index is 1.96. The van der Waals surface area contributed by atoms with Gasteiger partial charge in [-0.25, -0.2) is 0 Å². The number of aromatic hydroxyl groups is 1. The van der Waals surface area contributed by atoms with E-state index in [9.17, 15) is 5.11 Å². The molecule has 21 heavy (non-hydrogen) atoms. The molecular formula is C17H28N2O2. The minimum Gasteiger partial charge on any atom is -0.504 e. The van der Waals surface area contributed by atoms with E-state index in [2.05, 4.69) is 17.1 Å². The Hall–Kier alpha value is -1.26. The predicted octanol–water partition coefficient (Wildman–Crippen LogP) is 2.61. The molecule has 0 bridgehead atoms. The molecule has 1 heterocycles. The average molecular weight is 292 g/mol. The Morgan fingerprint density at radius 3 is 2.90 bits per heavy atom. The fourth-order valence-electron chi connectivity index (χ4n) is 3.09. The first-order valence-corrected chi connectivity index (χ1v) is 8.02. The Morgan fingerprint density at radius 2 is 2.29 bits per heavy atom. The third-order valence-corrected chi connectivity index (χ3v) is 4.10. The molecule has 1 aromatic carbocycles. The van der Waals surface area contributed by atoms with Crippen molar-refractivity contribution < 1.29 is 9.84 Å². The number of nitrogens with zero attached hydrogens (tertiary/aromatic N) is 1. The van der Waals surface area contributed by atoms with Crippen LogP contribution in [0, 0.1) is 5.92 Å². The molecule has 0 aliphatic carbocycles. The largest absolute Gasteiger partial charge is 0.504 e. The topological polar surface area (TPSA) is 44.7 Å². The number of phenols is 1. The molecule has 0 radical (unpaired) electrons. The first-order chi connectivity index (χ1) is 10.2. The molecule has 4 nitrogen and oxygen atoms in total. The highest BCUT2D eigenvalue weighted by atomic mass is 16.5. The van der Waals surface area contributed by atoms with Crippen LogP contribution < -0.4 is 10.1 Å². The van der Waals surface area contributed by atoms with Crippen molar-refractivity contribution in [3.05, 3.63) is 23.8 Å². The Labute approximate surface area is 128 Å². The molecule has 1 aliphatic rings. The molecule has 1 unspecified atom stereocenters. The van der Waals surface area contributed by atoms with E-state index >= 15 is 0 Å². The summed E-state index contributed by atoms with van der Waals surface area (Å²) in [7, 11) is 1.58. The summed E-state index contributed by atoms with van der Waals surface area (Å²) in [6, 6.07) is 5.71. The minimum atomic E-state index is 0.228. The highest BCUT2D eigenvalue weighted by Gasteiger charge is 2.17. The summed E-state index contributed by atoms with van der Waals surface area (Å²) in [5.74, 6) is 1.51. The van der Waals surface area contributed by atoms with Crippen molar-refractivity contribution in [2.24, 2.45) is 5.92 Å². The van der Waals surface area contributed by atoms with Crippen LogP contribution in [0.1, 0.15) is 31.7 Å². The quantitative estimate of drug-likeness (QED) is 0.811. The maximum atomic E-state index is 9.90. The van der Waals surface area contributed by atoms with E-state index in [1.807, 2.05) is 18.2 Å². The molecule has 2 N–H and O–H groups in total. The number of piperidine rings is 1. The normalized spacial score (nSPS) is 18.9. The van der Waals surface area contributed by atoms with Gasteiger partial charge in [-0.3, -0.25) is 4.90 Å². The summed E-state index contributed by atoms with van der Waals surface area (Å²) < 4.78 is 5.10. The predicted molar refractivity (Wildman–Crippen MR) is 85.8 cm³/mol. The van der Waals surface area contributed by atoms with Gasteiger partial charge in [-0.05, 0) is 62.5 Å². The van der Waals surface area contributed by atoms with Gasteiger partial charge in [0.2, 0.25) is 0 Å². The van der Waals surface area contributed by atoms with E-state index in [4.69, 9.17) is 4.74 Å². The third-order valence-electron chi connectivity index (χ3n) is 4.10. The lowest BCUT2D eigenvalue weighted by Crippen LogP contribution is -2.38. The first kappa shape index (κ1) is 16.1. The van der Waals surface area contributed by atoms with Gasteiger partial charge in [0.25, 0.3) is 0 Å². The highest BCUT2D eigenvalue weighted by Crippen LogP contribution is 2.27. The van der Waals surface area contributed by atoms with Crippen LogP contribution in [0.4, 0.5) is 0 Å². The fraction of sp³-hybridized carbons (Fsp3) is 0.647. The SMILES string of the molecule is CCCN(Cc1ccc(OC)c(O)c1)CC1CCCNC1. The number of phenolic OH excluding ortho intramolecular Hbond substituents is 1. The molecule has 1 aliphatic heterocycles. The lowest BCUT2D eigenvalue weighted by atomic mass is 9.98. The number of ether oxygens (including phenoxy) is 1. The number of hydrogen-bond acceptors (Lipinski definition) is 4. The van der Waals surface area contributed by atoms with Gasteiger partial charge in [-0.15, -0.1) is 0 Å². The first-order valence-electron chi connectivity index (χ1n) is 8.02. The number of methoxy groups -OCH3 is 1. The van der Waals surface area contributed by atoms with Crippen LogP contribution in [-0.2, 0) is 6.54 Å². The Bertz CT molecular complexity index is 431. The van der Waals surface area contributed by atoms with Crippen molar-refractivity contribution in [1.82, 2.24) is 10.2 Å². The third kappa shape index (κ3) is 4.90. The van der Waals surface area contributed by atoms with E-state index in [1.165, 1.54) is 12.8 Å². The molecule has 0 spiro atoms. The molecule has 118 valence electrons. The molecule has 0 aromatic heterocycles. The van der Waals surface area contributed by atoms with Crippen LogP contribution >= 0.6 is 0 Å². The Morgan fingerprint density at radius 1 is 1.43 bits per heavy atom. The van der Waals surface area contributed by atoms with Gasteiger partial charge in [0, 0.05) is 13.1 Å². The van der Waals surface area contributed by atoms with Crippen molar-refractivity contribution in [3.8, 4) is 11.5 Å². The summed E-state index contributed by atoms with van der Waals surface area (Å²) in [6.45, 7) is 7.64. The van der Waals surface area contributed by atoms with Crippen LogP contribution in [0.15, 0.2) is 18.2 Å². The number of benzene rings is 1. The molecule has 1 aromatic rings. The second-order valence-electron chi connectivity index (χ2n) is 5.95. The molecule has 2 rings (SSSR count). The van der Waals surface area contributed by atoms with Crippen LogP contribution in [0.5, 0.6) is 11.5 Å². The monoisotopic (exact) mass is 292 g/mol. The molecule has 0 amide bonds. The highest BCUT2D eigenvalue weighted by molar-refractivity contribution is 5.41. The van der Waals surface area contributed by atoms with Gasteiger partial charge in [-0.1, -0.05) is 13.0 Å². The number of rotatable bonds is 7. The number of hydrogen-bond donors (Lipinski definition) is 2.